The van der Waals surface area contributed by atoms with Crippen molar-refractivity contribution in [3.63, 3.8) is 0 Å². The number of primary amides is 1. The second-order valence-electron chi connectivity index (χ2n) is 33.4. The Kier molecular flexibility index (Phi) is 51.9. The van der Waals surface area contributed by atoms with Crippen LogP contribution in [0.1, 0.15) is 159 Å². The predicted molar refractivity (Wildman–Crippen MR) is 484 cm³/mol. The van der Waals surface area contributed by atoms with Gasteiger partial charge in [0.05, 0.1) is 83.0 Å². The molecule has 11 amide bonds. The second kappa shape index (κ2) is 61.8. The third-order valence-electron chi connectivity index (χ3n) is 22.6. The summed E-state index contributed by atoms with van der Waals surface area (Å²) in [7, 11) is 0. The van der Waals surface area contributed by atoms with Gasteiger partial charge < -0.3 is 97.8 Å². The molecule has 4 aliphatic heterocycles. The van der Waals surface area contributed by atoms with Gasteiger partial charge in [0, 0.05) is 166 Å². The number of benzene rings is 2. The van der Waals surface area contributed by atoms with Crippen LogP contribution < -0.4 is 48.3 Å². The third-order valence-corrected chi connectivity index (χ3v) is 25.0. The van der Waals surface area contributed by atoms with Gasteiger partial charge in [0.2, 0.25) is 65.0 Å². The van der Waals surface area contributed by atoms with Crippen molar-refractivity contribution in [1.82, 2.24) is 71.9 Å². The number of ether oxygens (including phenoxy) is 3. The van der Waals surface area contributed by atoms with Crippen molar-refractivity contribution in [2.75, 3.05) is 169 Å². The molecule has 0 saturated carbocycles. The number of Topliss-reactive ketones (excluding diaryl/α,β-unsaturated/α-hetero) is 2. The fourth-order valence-corrected chi connectivity index (χ4v) is 17.7. The maximum Gasteiger partial charge on any atom is 0.317 e. The van der Waals surface area contributed by atoms with Crippen molar-refractivity contribution in [1.29, 1.82) is 0 Å². The molecule has 2 aromatic carbocycles. The van der Waals surface area contributed by atoms with Crippen molar-refractivity contribution in [3.05, 3.63) is 71.3 Å². The van der Waals surface area contributed by atoms with Crippen LogP contribution in [0.2, 0.25) is 0 Å². The molecule has 131 heavy (non-hydrogen) atoms. The Labute approximate surface area is 773 Å². The first-order chi connectivity index (χ1) is 62.9. The Morgan fingerprint density at radius 1 is 0.511 bits per heavy atom. The van der Waals surface area contributed by atoms with Gasteiger partial charge in [-0.1, -0.05) is 74.4 Å². The van der Waals surface area contributed by atoms with E-state index in [1.54, 1.807) is 45.0 Å². The van der Waals surface area contributed by atoms with E-state index in [2.05, 4.69) is 42.5 Å². The number of ketones is 2. The van der Waals surface area contributed by atoms with Gasteiger partial charge in [-0.2, -0.15) is 23.5 Å². The molecule has 0 spiro atoms. The number of hydrogen-bond donors (Lipinski definition) is 14. The van der Waals surface area contributed by atoms with E-state index in [4.69, 9.17) is 19.9 Å². The summed E-state index contributed by atoms with van der Waals surface area (Å²) in [6.45, 7) is 7.43. The van der Waals surface area contributed by atoms with Crippen LogP contribution in [0, 0.1) is 11.8 Å². The molecule has 0 aliphatic carbocycles. The van der Waals surface area contributed by atoms with Gasteiger partial charge in [-0.05, 0) is 101 Å². The van der Waals surface area contributed by atoms with Crippen molar-refractivity contribution in [3.8, 4) is 0 Å². The van der Waals surface area contributed by atoms with E-state index in [-0.39, 0.29) is 203 Å². The maximum atomic E-state index is 15.0. The molecule has 4 aliphatic rings. The fourth-order valence-electron chi connectivity index (χ4n) is 15.5. The summed E-state index contributed by atoms with van der Waals surface area (Å²) >= 11 is 2.71. The first-order valence-electron chi connectivity index (χ1n) is 45.5. The van der Waals surface area contributed by atoms with Gasteiger partial charge in [0.25, 0.3) is 0 Å². The monoisotopic (exact) mass is 1880 g/mol. The molecule has 2 bridgehead atoms. The van der Waals surface area contributed by atoms with Gasteiger partial charge >= 0.3 is 23.9 Å². The lowest BCUT2D eigenvalue weighted by Crippen LogP contribution is -2.61. The van der Waals surface area contributed by atoms with Crippen molar-refractivity contribution in [2.24, 2.45) is 17.6 Å². The number of rotatable bonds is 48. The van der Waals surface area contributed by atoms with Gasteiger partial charge in [-0.3, -0.25) is 101 Å². The molecule has 3 saturated heterocycles. The zero-order valence-corrected chi connectivity index (χ0v) is 77.2. The minimum atomic E-state index is -1.74. The standard InChI is InChI=1S/C89H137N15O25S2/c1-3-4-7-21-67(106)50-66-60-131-58-64-20-12-19-63(48-64)57-130-59-65(51-73(107)69(49-62-17-8-5-9-18-62)96-85(122)68(24-25-74(90)108)95-87(124)82(61(2)105)98-86(123)71-22-13-32-103(71)89(126)72-23-14-33-104(72)88(66)125)83(120)97-70(52-78(112)113)84(121)94-31-16-43-128-45-47-129-46-44-127-42-15-30-92-76(110)27-26-75(109)91-28-10-6-11-29-93-77(111)53-99-34-36-100(54-79(114)115)38-40-102(56-81(118)119)41-39-101(37-35-99)55-80(116)117/h5,8-9,12,17-20,48,61,65-66,68-72,82,105H,3-4,6-7,10-11,13-16,21-47,49-60H2,1-2H3,(H2,90,108)(H,91,109)(H,92,110)(H,93,111)(H,94,121)(H,95,124)(H,96,122)(H,97,120)(H,98,123)(H,112,113)(H,114,115)(H,116,117)(H,118,119)/t61-,65+,66+,68+,69+,70+,71+,72+,82+/m1/s1. The molecule has 0 unspecified atom stereocenters. The first kappa shape index (κ1) is 110. The number of carboxylic acids is 4. The van der Waals surface area contributed by atoms with Gasteiger partial charge in [-0.25, -0.2) is 0 Å². The van der Waals surface area contributed by atoms with E-state index in [0.717, 1.165) is 24.0 Å². The predicted octanol–water partition coefficient (Wildman–Crippen LogP) is -0.0967. The van der Waals surface area contributed by atoms with Crippen LogP contribution in [0.4, 0.5) is 0 Å². The van der Waals surface area contributed by atoms with Crippen molar-refractivity contribution >= 4 is 124 Å². The Bertz CT molecular complexity index is 4000. The van der Waals surface area contributed by atoms with E-state index < -0.39 is 151 Å². The summed E-state index contributed by atoms with van der Waals surface area (Å²) in [5.41, 5.74) is 7.81. The highest BCUT2D eigenvalue weighted by Gasteiger charge is 2.45. The van der Waals surface area contributed by atoms with Gasteiger partial charge in [-0.15, -0.1) is 0 Å². The van der Waals surface area contributed by atoms with E-state index in [9.17, 15) is 102 Å². The molecule has 0 aromatic heterocycles. The largest absolute Gasteiger partial charge is 0.481 e. The minimum Gasteiger partial charge on any atom is -0.481 e. The van der Waals surface area contributed by atoms with Crippen LogP contribution in [0.15, 0.2) is 54.6 Å². The Morgan fingerprint density at radius 2 is 1.02 bits per heavy atom. The van der Waals surface area contributed by atoms with E-state index >= 15 is 4.79 Å². The van der Waals surface area contributed by atoms with Gasteiger partial charge in [0.1, 0.15) is 36.0 Å². The summed E-state index contributed by atoms with van der Waals surface area (Å²) in [5.74, 6) is -13.6. The summed E-state index contributed by atoms with van der Waals surface area (Å²) in [4.78, 5) is 237. The number of hydrogen-bond acceptors (Lipinski definition) is 27. The van der Waals surface area contributed by atoms with E-state index in [0.29, 0.717) is 108 Å². The number of aliphatic hydroxyl groups excluding tert-OH is 1. The van der Waals surface area contributed by atoms with Crippen LogP contribution >= 0.6 is 23.5 Å². The number of thioether (sulfide) groups is 2. The van der Waals surface area contributed by atoms with E-state index in [1.165, 1.54) is 40.2 Å². The molecule has 0 radical (unpaired) electrons. The topological polar surface area (TPSA) is 561 Å². The SMILES string of the molecule is CCCCCC(=O)C[C@H]1CSCc2cccc(c2)CSC[C@@H](C(=O)N[C@@H](CC(=O)O)C(=O)NCCCOCCOCCOCCCNC(=O)CCC(=O)NCCCCCNC(=O)CN2CCN(CC(=O)O)CCN(CC(=O)O)CCN(CC(=O)O)CC2)CC(=O)[C@H](Cc2ccccc2)NC(=O)[C@H](CCC(N)=O)NC(=O)[C@H]([C@@H](C)O)NC(=O)[C@@H]2CCCN2C(=O)[C@@H]2CCCN2C1=O. The zero-order chi connectivity index (χ0) is 95.4. The van der Waals surface area contributed by atoms with Crippen LogP contribution in [0.3, 0.4) is 0 Å². The molecule has 15 N–H and O–H groups in total. The lowest BCUT2D eigenvalue weighted by atomic mass is 9.94. The number of unbranched alkanes of at least 4 members (excludes halogenated alkanes) is 4. The quantitative estimate of drug-likeness (QED) is 0.0385. The molecule has 6 rings (SSSR count). The van der Waals surface area contributed by atoms with Crippen molar-refractivity contribution in [2.45, 2.75) is 203 Å². The number of fused-ring (bicyclic) bond motifs is 4. The fraction of sp³-hybridized carbons (Fsp3) is 0.674. The van der Waals surface area contributed by atoms with Crippen LogP contribution in [0.5, 0.6) is 0 Å². The number of nitrogens with zero attached hydrogens (tertiary/aromatic N) is 6. The number of aliphatic hydroxyl groups is 1. The first-order valence-corrected chi connectivity index (χ1v) is 47.9. The zero-order valence-electron chi connectivity index (χ0n) is 75.5. The molecule has 2 aromatic rings. The molecule has 42 heteroatoms. The molecule has 9 atom stereocenters. The highest BCUT2D eigenvalue weighted by atomic mass is 32.2. The average molecular weight is 1880 g/mol. The second-order valence-corrected chi connectivity index (χ2v) is 35.5. The van der Waals surface area contributed by atoms with E-state index in [1.807, 2.05) is 36.1 Å². The van der Waals surface area contributed by atoms with Crippen LogP contribution in [-0.2, 0) is 114 Å². The molecule has 3 fully saturated rings. The number of carbonyl (C=O) groups excluding carboxylic acids is 13. The summed E-state index contributed by atoms with van der Waals surface area (Å²) in [5, 5.41) is 71.1. The molecular weight excluding hydrogens is 1740 g/mol. The molecular formula is C89H137N15O25S2. The Balaban J connectivity index is 0.955. The number of carbonyl (C=O) groups is 17. The van der Waals surface area contributed by atoms with Crippen LogP contribution in [0.25, 0.3) is 0 Å². The smallest absolute Gasteiger partial charge is 0.317 e. The summed E-state index contributed by atoms with van der Waals surface area (Å²) < 4.78 is 16.9. The third kappa shape index (κ3) is 44.1. The molecule has 4 heterocycles. The van der Waals surface area contributed by atoms with Gasteiger partial charge in [0.15, 0.2) is 5.78 Å². The number of aliphatic carboxylic acids is 4. The lowest BCUT2D eigenvalue weighted by Gasteiger charge is -2.33. The molecule has 40 nitrogen and oxygen atoms in total. The van der Waals surface area contributed by atoms with Crippen molar-refractivity contribution < 1.29 is 121 Å². The highest BCUT2D eigenvalue weighted by Crippen LogP contribution is 2.31. The minimum absolute atomic E-state index is 0.00375. The molecule has 730 valence electrons. The number of carboxylic acid groups (broad SMARTS) is 4. The Morgan fingerprint density at radius 3 is 1.55 bits per heavy atom. The number of amides is 11. The number of nitrogens with two attached hydrogens (primary N) is 1. The Hall–Kier alpha value is -9.79. The van der Waals surface area contributed by atoms with Crippen LogP contribution in [-0.4, -0.2) is 367 Å². The number of nitrogens with one attached hydrogen (secondary N) is 8. The average Bonchev–Trinajstić information content (AvgIpc) is 1.66. The highest BCUT2D eigenvalue weighted by molar-refractivity contribution is 7.98. The summed E-state index contributed by atoms with van der Waals surface area (Å²) in [6, 6.07) is 7.60. The summed E-state index contributed by atoms with van der Waals surface area (Å²) in [6.07, 6.45) is 2.61. The maximum absolute atomic E-state index is 15.0. The lowest BCUT2D eigenvalue weighted by molar-refractivity contribution is -0.148. The normalized spacial score (nSPS) is 20.9.